The number of benzene rings is 2. The second kappa shape index (κ2) is 5.38. The number of nitrogens with one attached hydrogen (secondary N) is 1. The van der Waals surface area contributed by atoms with Crippen LogP contribution in [0.15, 0.2) is 53.5 Å². The third-order valence-electron chi connectivity index (χ3n) is 3.99. The summed E-state index contributed by atoms with van der Waals surface area (Å²) < 4.78 is 6.82. The van der Waals surface area contributed by atoms with Gasteiger partial charge >= 0.3 is 5.97 Å². The minimum absolute atomic E-state index is 0.252. The van der Waals surface area contributed by atoms with E-state index >= 15 is 0 Å². The van der Waals surface area contributed by atoms with Crippen molar-refractivity contribution in [3.8, 4) is 0 Å². The molecule has 1 aromatic heterocycles. The fraction of sp³-hybridized carbons (Fsp3) is 0.118. The molecule has 3 N–H and O–H groups in total. The number of fused-ring (bicyclic) bond motifs is 3. The van der Waals surface area contributed by atoms with E-state index in [-0.39, 0.29) is 5.96 Å². The van der Waals surface area contributed by atoms with Crippen LogP contribution in [0, 0.1) is 0 Å². The molecule has 0 spiro atoms. The molecule has 3 aromatic rings. The zero-order valence-corrected chi connectivity index (χ0v) is 12.9. The molecule has 7 nitrogen and oxygen atoms in total. The summed E-state index contributed by atoms with van der Waals surface area (Å²) in [4.78, 5) is 21.2. The maximum absolute atomic E-state index is 12.1. The normalized spacial score (nSPS) is 16.2. The Morgan fingerprint density at radius 3 is 2.79 bits per heavy atom. The lowest BCUT2D eigenvalue weighted by atomic mass is 10.0. The number of aliphatic imine (C=N–C) groups is 1. The number of methoxy groups -OCH3 is 1. The van der Waals surface area contributed by atoms with Gasteiger partial charge in [-0.25, -0.2) is 14.8 Å². The van der Waals surface area contributed by atoms with E-state index in [1.54, 1.807) is 12.1 Å². The molecular formula is C17H15N5O2. The number of esters is 1. The number of carbonyl (C=O) groups is 1. The van der Waals surface area contributed by atoms with Crippen LogP contribution < -0.4 is 11.1 Å². The summed E-state index contributed by atoms with van der Waals surface area (Å²) in [7, 11) is 1.36. The topological polar surface area (TPSA) is 94.5 Å². The Balaban J connectivity index is 1.97. The van der Waals surface area contributed by atoms with E-state index in [2.05, 4.69) is 15.3 Å². The van der Waals surface area contributed by atoms with Crippen molar-refractivity contribution in [3.05, 3.63) is 59.7 Å². The van der Waals surface area contributed by atoms with Crippen molar-refractivity contribution < 1.29 is 9.53 Å². The molecule has 1 aliphatic rings. The summed E-state index contributed by atoms with van der Waals surface area (Å²) >= 11 is 0. The number of hydrogen-bond acceptors (Lipinski definition) is 6. The largest absolute Gasteiger partial charge is 0.465 e. The van der Waals surface area contributed by atoms with Crippen LogP contribution in [-0.4, -0.2) is 28.6 Å². The predicted octanol–water partition coefficient (Wildman–Crippen LogP) is 2.11. The number of anilines is 1. The first-order valence-electron chi connectivity index (χ1n) is 7.43. The number of aromatic nitrogens is 2. The summed E-state index contributed by atoms with van der Waals surface area (Å²) in [6.45, 7) is 0. The van der Waals surface area contributed by atoms with Gasteiger partial charge in [0.2, 0.25) is 5.95 Å². The minimum atomic E-state index is -0.496. The highest BCUT2D eigenvalue weighted by Gasteiger charge is 2.28. The highest BCUT2D eigenvalue weighted by Crippen LogP contribution is 2.33. The second-order valence-electron chi connectivity index (χ2n) is 5.39. The molecule has 0 radical (unpaired) electrons. The van der Waals surface area contributed by atoms with Crippen LogP contribution >= 0.6 is 0 Å². The van der Waals surface area contributed by atoms with Gasteiger partial charge in [-0.05, 0) is 18.2 Å². The number of ether oxygens (including phenoxy) is 1. The molecule has 0 aliphatic carbocycles. The first kappa shape index (κ1) is 14.3. The Morgan fingerprint density at radius 2 is 1.96 bits per heavy atom. The van der Waals surface area contributed by atoms with Crippen LogP contribution in [0.4, 0.5) is 5.95 Å². The van der Waals surface area contributed by atoms with Crippen molar-refractivity contribution in [2.24, 2.45) is 10.7 Å². The van der Waals surface area contributed by atoms with Crippen LogP contribution in [0.2, 0.25) is 0 Å². The molecule has 0 saturated heterocycles. The lowest BCUT2D eigenvalue weighted by Crippen LogP contribution is -2.32. The van der Waals surface area contributed by atoms with E-state index in [4.69, 9.17) is 10.5 Å². The van der Waals surface area contributed by atoms with Gasteiger partial charge in [-0.2, -0.15) is 0 Å². The van der Waals surface area contributed by atoms with Crippen molar-refractivity contribution in [3.63, 3.8) is 0 Å². The van der Waals surface area contributed by atoms with Gasteiger partial charge in [-0.1, -0.05) is 30.3 Å². The molecule has 4 rings (SSSR count). The van der Waals surface area contributed by atoms with Gasteiger partial charge in [0.05, 0.1) is 23.7 Å². The summed E-state index contributed by atoms with van der Waals surface area (Å²) in [5.41, 5.74) is 8.81. The SMILES string of the molecule is COC(=O)c1ccccc1[C@H]1N=C(N)Nc2nc3ccccc3n21. The Morgan fingerprint density at radius 1 is 1.21 bits per heavy atom. The number of guanidine groups is 1. The average Bonchev–Trinajstić information content (AvgIpc) is 2.98. The zero-order valence-electron chi connectivity index (χ0n) is 12.9. The zero-order chi connectivity index (χ0) is 16.7. The second-order valence-corrected chi connectivity index (χ2v) is 5.39. The Kier molecular flexibility index (Phi) is 3.19. The van der Waals surface area contributed by atoms with Crippen molar-refractivity contribution in [1.82, 2.24) is 9.55 Å². The van der Waals surface area contributed by atoms with Crippen LogP contribution in [0.25, 0.3) is 11.0 Å². The summed E-state index contributed by atoms with van der Waals surface area (Å²) in [5, 5.41) is 2.98. The highest BCUT2D eigenvalue weighted by molar-refractivity contribution is 5.96. The molecule has 0 unspecified atom stereocenters. The van der Waals surface area contributed by atoms with Crippen LogP contribution in [0.5, 0.6) is 0 Å². The number of rotatable bonds is 2. The third kappa shape index (κ3) is 2.10. The molecular weight excluding hydrogens is 306 g/mol. The Hall–Kier alpha value is -3.35. The maximum atomic E-state index is 12.1. The van der Waals surface area contributed by atoms with E-state index in [1.165, 1.54) is 7.11 Å². The van der Waals surface area contributed by atoms with Gasteiger partial charge in [0.1, 0.15) is 0 Å². The number of hydrogen-bond donors (Lipinski definition) is 2. The highest BCUT2D eigenvalue weighted by atomic mass is 16.5. The first-order chi connectivity index (χ1) is 11.7. The lowest BCUT2D eigenvalue weighted by Gasteiger charge is -2.25. The molecule has 0 fully saturated rings. The fourth-order valence-corrected chi connectivity index (χ4v) is 2.94. The van der Waals surface area contributed by atoms with Crippen LogP contribution in [0.1, 0.15) is 22.1 Å². The van der Waals surface area contributed by atoms with Gasteiger partial charge in [0, 0.05) is 5.56 Å². The maximum Gasteiger partial charge on any atom is 0.338 e. The number of imidazole rings is 1. The van der Waals surface area contributed by atoms with E-state index < -0.39 is 12.1 Å². The van der Waals surface area contributed by atoms with E-state index in [0.29, 0.717) is 17.1 Å². The van der Waals surface area contributed by atoms with Crippen molar-refractivity contribution in [2.75, 3.05) is 12.4 Å². The van der Waals surface area contributed by atoms with E-state index in [9.17, 15) is 4.79 Å². The fourth-order valence-electron chi connectivity index (χ4n) is 2.94. The van der Waals surface area contributed by atoms with E-state index in [0.717, 1.165) is 11.0 Å². The summed E-state index contributed by atoms with van der Waals surface area (Å²) in [6, 6.07) is 14.9. The average molecular weight is 321 g/mol. The number of para-hydroxylation sites is 2. The van der Waals surface area contributed by atoms with Gasteiger partial charge < -0.3 is 10.5 Å². The standard InChI is InChI=1S/C17H15N5O2/c1-24-15(23)11-7-3-2-6-10(11)14-20-16(18)21-17-19-12-8-4-5-9-13(12)22(14)17/h2-9,14H,1H3,(H3,18,19,20,21)/t14-/m0/s1. The molecule has 1 atom stereocenters. The van der Waals surface area contributed by atoms with Crippen LogP contribution in [-0.2, 0) is 4.74 Å². The Labute approximate surface area is 137 Å². The lowest BCUT2D eigenvalue weighted by molar-refractivity contribution is 0.0598. The minimum Gasteiger partial charge on any atom is -0.465 e. The summed E-state index contributed by atoms with van der Waals surface area (Å²) in [5.74, 6) is 0.430. The monoisotopic (exact) mass is 321 g/mol. The quantitative estimate of drug-likeness (QED) is 0.705. The predicted molar refractivity (Wildman–Crippen MR) is 90.9 cm³/mol. The molecule has 1 aliphatic heterocycles. The van der Waals surface area contributed by atoms with Crippen molar-refractivity contribution >= 4 is 28.9 Å². The summed E-state index contributed by atoms with van der Waals surface area (Å²) in [6.07, 6.45) is -0.496. The molecule has 7 heteroatoms. The first-order valence-corrected chi connectivity index (χ1v) is 7.43. The number of carbonyl (C=O) groups excluding carboxylic acids is 1. The van der Waals surface area contributed by atoms with Gasteiger partial charge in [-0.3, -0.25) is 9.88 Å². The molecule has 2 heterocycles. The van der Waals surface area contributed by atoms with Crippen molar-refractivity contribution in [1.29, 1.82) is 0 Å². The van der Waals surface area contributed by atoms with Gasteiger partial charge in [0.25, 0.3) is 0 Å². The van der Waals surface area contributed by atoms with Gasteiger partial charge in [-0.15, -0.1) is 0 Å². The molecule has 0 amide bonds. The molecule has 0 saturated carbocycles. The molecule has 0 bridgehead atoms. The Bertz CT molecular complexity index is 976. The van der Waals surface area contributed by atoms with Crippen LogP contribution in [0.3, 0.4) is 0 Å². The third-order valence-corrected chi connectivity index (χ3v) is 3.99. The van der Waals surface area contributed by atoms with E-state index in [1.807, 2.05) is 41.0 Å². The molecule has 2 aromatic carbocycles. The van der Waals surface area contributed by atoms with Gasteiger partial charge in [0.15, 0.2) is 12.1 Å². The number of nitrogens with zero attached hydrogens (tertiary/aromatic N) is 3. The van der Waals surface area contributed by atoms with Crippen molar-refractivity contribution in [2.45, 2.75) is 6.17 Å². The molecule has 120 valence electrons. The smallest absolute Gasteiger partial charge is 0.338 e. The molecule has 24 heavy (non-hydrogen) atoms. The number of nitrogens with two attached hydrogens (primary N) is 1.